The molecular weight excluding hydrogens is 366 g/mol. The van der Waals surface area contributed by atoms with Crippen LogP contribution in [-0.2, 0) is 11.2 Å². The van der Waals surface area contributed by atoms with Crippen molar-refractivity contribution in [3.8, 4) is 29.0 Å². The number of aromatic nitrogens is 2. The summed E-state index contributed by atoms with van der Waals surface area (Å²) in [6.45, 7) is 0.900. The van der Waals surface area contributed by atoms with Crippen LogP contribution in [0.3, 0.4) is 0 Å². The van der Waals surface area contributed by atoms with Gasteiger partial charge >= 0.3 is 0 Å². The summed E-state index contributed by atoms with van der Waals surface area (Å²) in [6, 6.07) is 13.5. The molecule has 1 amide bonds. The predicted molar refractivity (Wildman–Crippen MR) is 108 cm³/mol. The third-order valence-electron chi connectivity index (χ3n) is 5.34. The highest BCUT2D eigenvalue weighted by Crippen LogP contribution is 2.32. The molecule has 0 spiro atoms. The van der Waals surface area contributed by atoms with E-state index in [0.29, 0.717) is 35.7 Å². The molecule has 0 bridgehead atoms. The first-order valence-electron chi connectivity index (χ1n) is 9.74. The van der Waals surface area contributed by atoms with Crippen LogP contribution in [0.4, 0.5) is 11.4 Å². The van der Waals surface area contributed by atoms with E-state index in [2.05, 4.69) is 26.9 Å². The monoisotopic (exact) mass is 385 g/mol. The molecule has 2 aliphatic rings. The molecule has 2 N–H and O–H groups in total. The fourth-order valence-corrected chi connectivity index (χ4v) is 3.47. The average molecular weight is 385 g/mol. The Balaban J connectivity index is 1.40. The number of benzene rings is 2. The van der Waals surface area contributed by atoms with E-state index in [4.69, 9.17) is 4.42 Å². The molecule has 0 unspecified atom stereocenters. The highest BCUT2D eigenvalue weighted by atomic mass is 16.4. The van der Waals surface area contributed by atoms with E-state index in [1.165, 1.54) is 12.8 Å². The number of carbonyl (C=O) groups is 1. The number of nitrogens with zero attached hydrogens (tertiary/aromatic N) is 3. The maximum Gasteiger partial charge on any atom is 0.248 e. The number of aryl methyl sites for hydroxylation is 1. The molecule has 5 rings (SSSR count). The summed E-state index contributed by atoms with van der Waals surface area (Å²) in [5.41, 5.74) is 4.80. The van der Waals surface area contributed by atoms with Crippen molar-refractivity contribution >= 4 is 17.3 Å². The Morgan fingerprint density at radius 1 is 1.10 bits per heavy atom. The zero-order valence-corrected chi connectivity index (χ0v) is 15.7. The molecular formula is C22H19N5O2. The van der Waals surface area contributed by atoms with E-state index < -0.39 is 0 Å². The number of hydrogen-bond acceptors (Lipinski definition) is 6. The van der Waals surface area contributed by atoms with Crippen LogP contribution >= 0.6 is 0 Å². The maximum absolute atomic E-state index is 11.5. The molecule has 2 heterocycles. The average Bonchev–Trinajstić information content (AvgIpc) is 3.45. The first-order valence-corrected chi connectivity index (χ1v) is 9.74. The van der Waals surface area contributed by atoms with E-state index in [0.717, 1.165) is 35.0 Å². The Bertz CT molecular complexity index is 1140. The molecule has 1 fully saturated rings. The fraction of sp³-hybridized carbons (Fsp3) is 0.273. The zero-order valence-electron chi connectivity index (χ0n) is 15.7. The minimum atomic E-state index is 0.0358. The summed E-state index contributed by atoms with van der Waals surface area (Å²) in [4.78, 5) is 11.5. The number of rotatable bonds is 5. The van der Waals surface area contributed by atoms with Gasteiger partial charge in [-0.15, -0.1) is 10.2 Å². The van der Waals surface area contributed by atoms with Crippen molar-refractivity contribution in [1.29, 1.82) is 5.26 Å². The topological polar surface area (TPSA) is 104 Å². The second-order valence-corrected chi connectivity index (χ2v) is 7.53. The number of amides is 1. The molecule has 144 valence electrons. The standard InChI is InChI=1S/C22H19N5O2/c23-11-17-10-16(3-6-18(17)24-12-13-1-2-13)22-27-26-21(29-22)15-4-7-19-14(9-15)5-8-20(28)25-19/h3-4,6-7,9-10,13,24H,1-2,5,8,12H2,(H,25,28). The van der Waals surface area contributed by atoms with Gasteiger partial charge in [-0.25, -0.2) is 0 Å². The van der Waals surface area contributed by atoms with Crippen LogP contribution in [0.5, 0.6) is 0 Å². The van der Waals surface area contributed by atoms with E-state index >= 15 is 0 Å². The van der Waals surface area contributed by atoms with Crippen molar-refractivity contribution in [3.63, 3.8) is 0 Å². The molecule has 1 aromatic heterocycles. The molecule has 0 saturated heterocycles. The van der Waals surface area contributed by atoms with Crippen LogP contribution in [-0.4, -0.2) is 22.6 Å². The number of anilines is 2. The summed E-state index contributed by atoms with van der Waals surface area (Å²) >= 11 is 0. The normalized spacial score (nSPS) is 15.3. The second kappa shape index (κ2) is 7.06. The van der Waals surface area contributed by atoms with Gasteiger partial charge in [-0.3, -0.25) is 4.79 Å². The summed E-state index contributed by atoms with van der Waals surface area (Å²) in [5.74, 6) is 1.55. The van der Waals surface area contributed by atoms with Crippen molar-refractivity contribution in [1.82, 2.24) is 10.2 Å². The van der Waals surface area contributed by atoms with Gasteiger partial charge in [0.2, 0.25) is 17.7 Å². The van der Waals surface area contributed by atoms with Crippen LogP contribution in [0.25, 0.3) is 22.9 Å². The summed E-state index contributed by atoms with van der Waals surface area (Å²) in [7, 11) is 0. The molecule has 2 aromatic carbocycles. The molecule has 0 atom stereocenters. The van der Waals surface area contributed by atoms with Crippen molar-refractivity contribution in [2.45, 2.75) is 25.7 Å². The predicted octanol–water partition coefficient (Wildman–Crippen LogP) is 3.98. The van der Waals surface area contributed by atoms with Gasteiger partial charge in [0.15, 0.2) is 0 Å². The number of hydrogen-bond donors (Lipinski definition) is 2. The Morgan fingerprint density at radius 2 is 1.86 bits per heavy atom. The minimum Gasteiger partial charge on any atom is -0.416 e. The number of nitrogens with one attached hydrogen (secondary N) is 2. The lowest BCUT2D eigenvalue weighted by Crippen LogP contribution is -2.18. The zero-order chi connectivity index (χ0) is 19.8. The Kier molecular flexibility index (Phi) is 4.24. The van der Waals surface area contributed by atoms with Crippen LogP contribution in [0.15, 0.2) is 40.8 Å². The van der Waals surface area contributed by atoms with Gasteiger partial charge in [0.05, 0.1) is 11.3 Å². The Labute approximate surface area is 167 Å². The molecule has 1 aliphatic carbocycles. The highest BCUT2D eigenvalue weighted by molar-refractivity contribution is 5.94. The molecule has 3 aromatic rings. The van der Waals surface area contributed by atoms with Crippen LogP contribution < -0.4 is 10.6 Å². The Morgan fingerprint density at radius 3 is 2.62 bits per heavy atom. The summed E-state index contributed by atoms with van der Waals surface area (Å²) in [5, 5.41) is 24.0. The number of fused-ring (bicyclic) bond motifs is 1. The van der Waals surface area contributed by atoms with Crippen LogP contribution in [0.2, 0.25) is 0 Å². The smallest absolute Gasteiger partial charge is 0.248 e. The minimum absolute atomic E-state index is 0.0358. The number of carbonyl (C=O) groups excluding carboxylic acids is 1. The first kappa shape index (κ1) is 17.4. The lowest BCUT2D eigenvalue weighted by molar-refractivity contribution is -0.116. The molecule has 0 radical (unpaired) electrons. The van der Waals surface area contributed by atoms with E-state index in [1.54, 1.807) is 6.07 Å². The fourth-order valence-electron chi connectivity index (χ4n) is 3.47. The third-order valence-corrected chi connectivity index (χ3v) is 5.34. The van der Waals surface area contributed by atoms with Crippen LogP contribution in [0, 0.1) is 17.2 Å². The third kappa shape index (κ3) is 3.57. The molecule has 7 nitrogen and oxygen atoms in total. The van der Waals surface area contributed by atoms with Crippen molar-refractivity contribution in [2.75, 3.05) is 17.2 Å². The summed E-state index contributed by atoms with van der Waals surface area (Å²) in [6.07, 6.45) is 3.68. The van der Waals surface area contributed by atoms with Gasteiger partial charge in [-0.05, 0) is 67.1 Å². The first-order chi connectivity index (χ1) is 14.2. The van der Waals surface area contributed by atoms with E-state index in [1.807, 2.05) is 30.3 Å². The van der Waals surface area contributed by atoms with E-state index in [9.17, 15) is 10.1 Å². The van der Waals surface area contributed by atoms with Crippen molar-refractivity contribution < 1.29 is 9.21 Å². The van der Waals surface area contributed by atoms with Gasteiger partial charge < -0.3 is 15.1 Å². The summed E-state index contributed by atoms with van der Waals surface area (Å²) < 4.78 is 5.88. The van der Waals surface area contributed by atoms with Gasteiger partial charge in [0, 0.05) is 29.8 Å². The lowest BCUT2D eigenvalue weighted by atomic mass is 10.0. The number of nitriles is 1. The van der Waals surface area contributed by atoms with Gasteiger partial charge in [0.1, 0.15) is 6.07 Å². The van der Waals surface area contributed by atoms with E-state index in [-0.39, 0.29) is 5.91 Å². The SMILES string of the molecule is N#Cc1cc(-c2nnc(-c3ccc4c(c3)CCC(=O)N4)o2)ccc1NCC1CC1. The van der Waals surface area contributed by atoms with Crippen molar-refractivity contribution in [2.24, 2.45) is 5.92 Å². The van der Waals surface area contributed by atoms with Gasteiger partial charge in [-0.2, -0.15) is 5.26 Å². The molecule has 1 saturated carbocycles. The second-order valence-electron chi connectivity index (χ2n) is 7.53. The quantitative estimate of drug-likeness (QED) is 0.688. The van der Waals surface area contributed by atoms with Crippen LogP contribution in [0.1, 0.15) is 30.4 Å². The maximum atomic E-state index is 11.5. The van der Waals surface area contributed by atoms with Gasteiger partial charge in [0.25, 0.3) is 0 Å². The van der Waals surface area contributed by atoms with Crippen molar-refractivity contribution in [3.05, 3.63) is 47.5 Å². The largest absolute Gasteiger partial charge is 0.416 e. The Hall–Kier alpha value is -3.66. The lowest BCUT2D eigenvalue weighted by Gasteiger charge is -2.16. The molecule has 1 aliphatic heterocycles. The molecule has 29 heavy (non-hydrogen) atoms. The molecule has 7 heteroatoms. The van der Waals surface area contributed by atoms with Gasteiger partial charge in [-0.1, -0.05) is 0 Å². The highest BCUT2D eigenvalue weighted by Gasteiger charge is 2.21.